The average molecular weight is 405 g/mol. The van der Waals surface area contributed by atoms with E-state index < -0.39 is 29.9 Å². The number of benzene rings is 1. The zero-order chi connectivity index (χ0) is 21.4. The SMILES string of the molecule is CCOC(=O)C1=C(COC(=O)CNC(=O)c2cccc(OC)c2)NC(=O)N[C@H]1C. The summed E-state index contributed by atoms with van der Waals surface area (Å²) in [5, 5.41) is 7.42. The Morgan fingerprint density at radius 1 is 1.21 bits per heavy atom. The maximum Gasteiger partial charge on any atom is 0.338 e. The highest BCUT2D eigenvalue weighted by Gasteiger charge is 2.30. The molecule has 1 aliphatic heterocycles. The van der Waals surface area contributed by atoms with Crippen molar-refractivity contribution in [3.8, 4) is 5.75 Å². The van der Waals surface area contributed by atoms with Gasteiger partial charge in [0.05, 0.1) is 31.0 Å². The Morgan fingerprint density at radius 3 is 2.66 bits per heavy atom. The van der Waals surface area contributed by atoms with E-state index in [1.54, 1.807) is 32.0 Å². The van der Waals surface area contributed by atoms with Crippen molar-refractivity contribution in [1.29, 1.82) is 0 Å². The van der Waals surface area contributed by atoms with Crippen molar-refractivity contribution in [3.63, 3.8) is 0 Å². The molecule has 0 spiro atoms. The predicted molar refractivity (Wildman–Crippen MR) is 101 cm³/mol. The monoisotopic (exact) mass is 405 g/mol. The summed E-state index contributed by atoms with van der Waals surface area (Å²) in [6.45, 7) is 2.69. The lowest BCUT2D eigenvalue weighted by Crippen LogP contribution is -2.50. The first-order valence-corrected chi connectivity index (χ1v) is 8.91. The molecule has 156 valence electrons. The molecule has 0 fully saturated rings. The minimum absolute atomic E-state index is 0.132. The van der Waals surface area contributed by atoms with E-state index in [1.165, 1.54) is 13.2 Å². The van der Waals surface area contributed by atoms with Gasteiger partial charge in [0.25, 0.3) is 5.91 Å². The van der Waals surface area contributed by atoms with Crippen LogP contribution in [-0.2, 0) is 19.1 Å². The van der Waals surface area contributed by atoms with Gasteiger partial charge in [-0.1, -0.05) is 6.07 Å². The third kappa shape index (κ3) is 5.96. The molecule has 0 bridgehead atoms. The highest BCUT2D eigenvalue weighted by molar-refractivity contribution is 5.96. The molecule has 1 heterocycles. The minimum Gasteiger partial charge on any atom is -0.497 e. The fourth-order valence-electron chi connectivity index (χ4n) is 2.62. The van der Waals surface area contributed by atoms with E-state index in [-0.39, 0.29) is 31.0 Å². The van der Waals surface area contributed by atoms with Crippen LogP contribution >= 0.6 is 0 Å². The van der Waals surface area contributed by atoms with Gasteiger partial charge in [-0.05, 0) is 32.0 Å². The first kappa shape index (κ1) is 21.7. The smallest absolute Gasteiger partial charge is 0.338 e. The summed E-state index contributed by atoms with van der Waals surface area (Å²) in [4.78, 5) is 47.9. The van der Waals surface area contributed by atoms with Crippen LogP contribution in [0.15, 0.2) is 35.5 Å². The van der Waals surface area contributed by atoms with Gasteiger partial charge >= 0.3 is 18.0 Å². The Balaban J connectivity index is 1.95. The summed E-state index contributed by atoms with van der Waals surface area (Å²) in [6, 6.07) is 5.31. The molecular formula is C19H23N3O7. The predicted octanol–water partition coefficient (Wildman–Crippen LogP) is 0.487. The minimum atomic E-state index is -0.739. The van der Waals surface area contributed by atoms with Crippen LogP contribution in [0.4, 0.5) is 4.79 Å². The molecule has 1 aliphatic rings. The van der Waals surface area contributed by atoms with Crippen molar-refractivity contribution >= 4 is 23.9 Å². The number of carbonyl (C=O) groups is 4. The topological polar surface area (TPSA) is 132 Å². The van der Waals surface area contributed by atoms with Crippen molar-refractivity contribution in [2.75, 3.05) is 26.9 Å². The summed E-state index contributed by atoms with van der Waals surface area (Å²) in [7, 11) is 1.48. The molecule has 10 heteroatoms. The Kier molecular flexibility index (Phi) is 7.58. The van der Waals surface area contributed by atoms with Gasteiger partial charge in [-0.15, -0.1) is 0 Å². The first-order valence-electron chi connectivity index (χ1n) is 8.91. The number of methoxy groups -OCH3 is 1. The molecule has 0 saturated heterocycles. The number of nitrogens with one attached hydrogen (secondary N) is 3. The van der Waals surface area contributed by atoms with Crippen molar-refractivity contribution < 1.29 is 33.4 Å². The maximum absolute atomic E-state index is 12.1. The lowest BCUT2D eigenvalue weighted by molar-refractivity contribution is -0.142. The van der Waals surface area contributed by atoms with Crippen LogP contribution in [0, 0.1) is 0 Å². The summed E-state index contributed by atoms with van der Waals surface area (Å²) in [6.07, 6.45) is 0. The Labute approximate surface area is 167 Å². The zero-order valence-corrected chi connectivity index (χ0v) is 16.4. The molecule has 29 heavy (non-hydrogen) atoms. The molecule has 1 atom stereocenters. The molecule has 10 nitrogen and oxygen atoms in total. The Morgan fingerprint density at radius 2 is 1.97 bits per heavy atom. The van der Waals surface area contributed by atoms with E-state index in [4.69, 9.17) is 14.2 Å². The quantitative estimate of drug-likeness (QED) is 0.536. The van der Waals surface area contributed by atoms with Gasteiger partial charge in [-0.3, -0.25) is 9.59 Å². The van der Waals surface area contributed by atoms with Gasteiger partial charge in [0.15, 0.2) is 0 Å². The van der Waals surface area contributed by atoms with Gasteiger partial charge < -0.3 is 30.2 Å². The number of carbonyl (C=O) groups excluding carboxylic acids is 4. The Hall–Kier alpha value is -3.56. The summed E-state index contributed by atoms with van der Waals surface area (Å²) < 4.78 is 15.1. The van der Waals surface area contributed by atoms with Crippen LogP contribution in [0.2, 0.25) is 0 Å². The van der Waals surface area contributed by atoms with Crippen LogP contribution in [0.25, 0.3) is 0 Å². The number of rotatable bonds is 8. The number of hydrogen-bond donors (Lipinski definition) is 3. The van der Waals surface area contributed by atoms with E-state index in [1.807, 2.05) is 0 Å². The number of amides is 3. The first-order chi connectivity index (χ1) is 13.8. The summed E-state index contributed by atoms with van der Waals surface area (Å²) in [5.41, 5.74) is 0.621. The van der Waals surface area contributed by atoms with E-state index in [0.29, 0.717) is 11.3 Å². The molecule has 0 saturated carbocycles. The maximum atomic E-state index is 12.1. The molecule has 0 unspecified atom stereocenters. The van der Waals surface area contributed by atoms with E-state index in [9.17, 15) is 19.2 Å². The lowest BCUT2D eigenvalue weighted by atomic mass is 10.0. The summed E-state index contributed by atoms with van der Waals surface area (Å²) in [5.74, 6) is -1.33. The van der Waals surface area contributed by atoms with Crippen LogP contribution in [0.1, 0.15) is 24.2 Å². The fourth-order valence-corrected chi connectivity index (χ4v) is 2.62. The van der Waals surface area contributed by atoms with Crippen molar-refractivity contribution in [3.05, 3.63) is 41.1 Å². The van der Waals surface area contributed by atoms with Crippen molar-refractivity contribution in [2.45, 2.75) is 19.9 Å². The van der Waals surface area contributed by atoms with Gasteiger partial charge in [-0.2, -0.15) is 0 Å². The van der Waals surface area contributed by atoms with Crippen LogP contribution in [-0.4, -0.2) is 56.8 Å². The molecule has 0 aliphatic carbocycles. The van der Waals surface area contributed by atoms with Crippen molar-refractivity contribution in [2.24, 2.45) is 0 Å². The fraction of sp³-hybridized carbons (Fsp3) is 0.368. The molecule has 2 rings (SSSR count). The summed E-state index contributed by atoms with van der Waals surface area (Å²) >= 11 is 0. The largest absolute Gasteiger partial charge is 0.497 e. The number of urea groups is 1. The molecule has 0 aromatic heterocycles. The van der Waals surface area contributed by atoms with E-state index in [0.717, 1.165) is 0 Å². The van der Waals surface area contributed by atoms with Crippen LogP contribution in [0.3, 0.4) is 0 Å². The zero-order valence-electron chi connectivity index (χ0n) is 16.4. The second-order valence-corrected chi connectivity index (χ2v) is 6.01. The van der Waals surface area contributed by atoms with Gasteiger partial charge in [-0.25, -0.2) is 9.59 Å². The number of hydrogen-bond acceptors (Lipinski definition) is 7. The van der Waals surface area contributed by atoms with Gasteiger partial charge in [0.1, 0.15) is 18.9 Å². The molecular weight excluding hydrogens is 382 g/mol. The average Bonchev–Trinajstić information content (AvgIpc) is 2.70. The standard InChI is InChI=1S/C19H23N3O7/c1-4-28-18(25)16-11(2)21-19(26)22-14(16)10-29-15(23)9-20-17(24)12-6-5-7-13(8-12)27-3/h5-8,11H,4,9-10H2,1-3H3,(H,20,24)(H2,21,22,26)/t11-/m0/s1. The highest BCUT2D eigenvalue weighted by Crippen LogP contribution is 2.15. The molecule has 0 radical (unpaired) electrons. The second kappa shape index (κ2) is 10.1. The van der Waals surface area contributed by atoms with Crippen LogP contribution in [0.5, 0.6) is 5.75 Å². The third-order valence-electron chi connectivity index (χ3n) is 3.97. The van der Waals surface area contributed by atoms with E-state index in [2.05, 4.69) is 16.0 Å². The van der Waals surface area contributed by atoms with E-state index >= 15 is 0 Å². The Bertz CT molecular complexity index is 835. The third-order valence-corrected chi connectivity index (χ3v) is 3.97. The lowest BCUT2D eigenvalue weighted by Gasteiger charge is -2.26. The highest BCUT2D eigenvalue weighted by atomic mass is 16.5. The normalized spacial score (nSPS) is 15.7. The van der Waals surface area contributed by atoms with Gasteiger partial charge in [0, 0.05) is 5.56 Å². The van der Waals surface area contributed by atoms with Crippen molar-refractivity contribution in [1.82, 2.24) is 16.0 Å². The van der Waals surface area contributed by atoms with Gasteiger partial charge in [0.2, 0.25) is 0 Å². The molecule has 3 amide bonds. The second-order valence-electron chi connectivity index (χ2n) is 6.01. The number of esters is 2. The molecule has 3 N–H and O–H groups in total. The van der Waals surface area contributed by atoms with Crippen LogP contribution < -0.4 is 20.7 Å². The number of ether oxygens (including phenoxy) is 3. The molecule has 1 aromatic rings. The molecule has 1 aromatic carbocycles.